The van der Waals surface area contributed by atoms with Gasteiger partial charge in [0.25, 0.3) is 0 Å². The number of carbonyl (C=O) groups excluding carboxylic acids is 1. The molecule has 0 unspecified atom stereocenters. The Morgan fingerprint density at radius 2 is 1.43 bits per heavy atom. The average molecular weight is 531 g/mol. The second-order valence-electron chi connectivity index (χ2n) is 7.29. The van der Waals surface area contributed by atoms with Gasteiger partial charge in [0.15, 0.2) is 0 Å². The third kappa shape index (κ3) is 5.26. The minimum atomic E-state index is -0.477. The van der Waals surface area contributed by atoms with Gasteiger partial charge in [-0.05, 0) is 37.1 Å². The van der Waals surface area contributed by atoms with Gasteiger partial charge in [-0.25, -0.2) is 14.8 Å². The van der Waals surface area contributed by atoms with E-state index in [0.29, 0.717) is 5.69 Å². The predicted octanol–water partition coefficient (Wildman–Crippen LogP) is 6.76. The minimum absolute atomic E-state index is 0.173. The first-order valence-electron chi connectivity index (χ1n) is 9.96. The molecular weight excluding hydrogens is 510 g/mol. The van der Waals surface area contributed by atoms with E-state index in [1.807, 2.05) is 48.5 Å². The molecule has 1 N–H and O–H groups in total. The quantitative estimate of drug-likeness (QED) is 0.405. The van der Waals surface area contributed by atoms with E-state index in [1.54, 1.807) is 0 Å². The maximum Gasteiger partial charge on any atom is 0.414 e. The van der Waals surface area contributed by atoms with Gasteiger partial charge in [-0.1, -0.05) is 75.4 Å². The van der Waals surface area contributed by atoms with Crippen molar-refractivity contribution in [1.29, 1.82) is 0 Å². The summed E-state index contributed by atoms with van der Waals surface area (Å²) in [6.07, 6.45) is 6.52. The molecule has 0 bridgehead atoms. The highest BCUT2D eigenvalue weighted by Crippen LogP contribution is 2.32. The third-order valence-corrected chi connectivity index (χ3v) is 6.17. The molecule has 1 amide bonds. The maximum atomic E-state index is 12.4. The summed E-state index contributed by atoms with van der Waals surface area (Å²) in [6, 6.07) is 15.9. The summed E-state index contributed by atoms with van der Waals surface area (Å²) in [5, 5.41) is 2.95. The Morgan fingerprint density at radius 1 is 0.867 bits per heavy atom. The summed E-state index contributed by atoms with van der Waals surface area (Å²) < 4.78 is 7.44. The maximum absolute atomic E-state index is 12.4. The molecule has 1 fully saturated rings. The van der Waals surface area contributed by atoms with Gasteiger partial charge >= 0.3 is 6.09 Å². The normalized spacial score (nSPS) is 14.3. The van der Waals surface area contributed by atoms with Crippen molar-refractivity contribution < 1.29 is 9.53 Å². The Bertz CT molecular complexity index is 1020. The summed E-state index contributed by atoms with van der Waals surface area (Å²) in [6.45, 7) is 0. The van der Waals surface area contributed by atoms with E-state index in [0.717, 1.165) is 51.4 Å². The van der Waals surface area contributed by atoms with Gasteiger partial charge in [0.1, 0.15) is 5.69 Å². The van der Waals surface area contributed by atoms with Crippen LogP contribution in [0.2, 0.25) is 0 Å². The monoisotopic (exact) mass is 529 g/mol. The van der Waals surface area contributed by atoms with Crippen LogP contribution in [0.5, 0.6) is 5.88 Å². The second-order valence-corrected chi connectivity index (χ2v) is 9.12. The SMILES string of the molecule is O=C(NC1CCCCC1)Oc1cnc(-c2ccc(Br)cc2)c(-c2ccc(Br)cc2)n1. The molecule has 1 heterocycles. The van der Waals surface area contributed by atoms with E-state index >= 15 is 0 Å². The number of carbonyl (C=O) groups is 1. The van der Waals surface area contributed by atoms with E-state index in [1.165, 1.54) is 12.6 Å². The van der Waals surface area contributed by atoms with E-state index in [2.05, 4.69) is 47.1 Å². The van der Waals surface area contributed by atoms with Crippen molar-refractivity contribution in [2.75, 3.05) is 0 Å². The Morgan fingerprint density at radius 3 is 2.03 bits per heavy atom. The molecule has 0 atom stereocenters. The highest BCUT2D eigenvalue weighted by Gasteiger charge is 2.19. The number of ether oxygens (including phenoxy) is 1. The molecule has 7 heteroatoms. The first-order valence-corrected chi connectivity index (χ1v) is 11.5. The molecule has 4 rings (SSSR count). The van der Waals surface area contributed by atoms with Crippen LogP contribution in [0.3, 0.4) is 0 Å². The van der Waals surface area contributed by atoms with Gasteiger partial charge in [0.2, 0.25) is 5.88 Å². The largest absolute Gasteiger partial charge is 0.414 e. The molecule has 2 aromatic carbocycles. The number of hydrogen-bond acceptors (Lipinski definition) is 4. The Hall–Kier alpha value is -2.25. The molecule has 154 valence electrons. The fourth-order valence-corrected chi connectivity index (χ4v) is 4.12. The number of halogens is 2. The van der Waals surface area contributed by atoms with Gasteiger partial charge in [0.05, 0.1) is 11.9 Å². The molecule has 1 saturated carbocycles. The molecule has 0 spiro atoms. The zero-order chi connectivity index (χ0) is 20.9. The molecule has 5 nitrogen and oxygen atoms in total. The van der Waals surface area contributed by atoms with Crippen molar-refractivity contribution in [2.24, 2.45) is 0 Å². The number of hydrogen-bond donors (Lipinski definition) is 1. The van der Waals surface area contributed by atoms with E-state index in [9.17, 15) is 4.79 Å². The van der Waals surface area contributed by atoms with Crippen molar-refractivity contribution >= 4 is 38.0 Å². The van der Waals surface area contributed by atoms with Crippen LogP contribution in [0.25, 0.3) is 22.5 Å². The minimum Gasteiger partial charge on any atom is -0.390 e. The predicted molar refractivity (Wildman–Crippen MR) is 124 cm³/mol. The molecule has 1 aliphatic rings. The summed E-state index contributed by atoms with van der Waals surface area (Å²) >= 11 is 6.93. The average Bonchev–Trinajstić information content (AvgIpc) is 2.76. The summed E-state index contributed by atoms with van der Waals surface area (Å²) in [5.74, 6) is 0.182. The lowest BCUT2D eigenvalue weighted by molar-refractivity contribution is 0.190. The van der Waals surface area contributed by atoms with Crippen LogP contribution in [-0.2, 0) is 0 Å². The Labute approximate surface area is 192 Å². The van der Waals surface area contributed by atoms with Gasteiger partial charge in [-0.3, -0.25) is 0 Å². The van der Waals surface area contributed by atoms with Crippen LogP contribution in [0.1, 0.15) is 32.1 Å². The number of benzene rings is 2. The van der Waals surface area contributed by atoms with E-state index in [4.69, 9.17) is 4.74 Å². The van der Waals surface area contributed by atoms with Crippen LogP contribution in [0.15, 0.2) is 63.7 Å². The molecule has 3 aromatic rings. The van der Waals surface area contributed by atoms with Crippen molar-refractivity contribution in [2.45, 2.75) is 38.1 Å². The van der Waals surface area contributed by atoms with E-state index < -0.39 is 6.09 Å². The molecule has 1 aromatic heterocycles. The highest BCUT2D eigenvalue weighted by molar-refractivity contribution is 9.10. The smallest absolute Gasteiger partial charge is 0.390 e. The van der Waals surface area contributed by atoms with Crippen LogP contribution in [-0.4, -0.2) is 22.1 Å². The number of aromatic nitrogens is 2. The van der Waals surface area contributed by atoms with Crippen LogP contribution in [0.4, 0.5) is 4.79 Å². The lowest BCUT2D eigenvalue weighted by Crippen LogP contribution is -2.38. The number of rotatable bonds is 4. The molecular formula is C23H21Br2N3O2. The lowest BCUT2D eigenvalue weighted by atomic mass is 9.96. The molecule has 1 aliphatic carbocycles. The van der Waals surface area contributed by atoms with Crippen molar-refractivity contribution in [3.63, 3.8) is 0 Å². The van der Waals surface area contributed by atoms with Crippen molar-refractivity contribution in [1.82, 2.24) is 15.3 Å². The first-order chi connectivity index (χ1) is 14.6. The van der Waals surface area contributed by atoms with Gasteiger partial charge < -0.3 is 10.1 Å². The molecule has 0 radical (unpaired) electrons. The second kappa shape index (κ2) is 9.71. The zero-order valence-electron chi connectivity index (χ0n) is 16.3. The topological polar surface area (TPSA) is 64.1 Å². The van der Waals surface area contributed by atoms with Crippen molar-refractivity contribution in [3.8, 4) is 28.4 Å². The standard InChI is InChI=1S/C23H21Br2N3O2/c24-17-10-6-15(7-11-17)21-22(16-8-12-18(25)13-9-16)28-20(14-26-21)30-23(29)27-19-4-2-1-3-5-19/h6-14,19H,1-5H2,(H,27,29). The van der Waals surface area contributed by atoms with E-state index in [-0.39, 0.29) is 11.9 Å². The molecule has 0 aliphatic heterocycles. The van der Waals surface area contributed by atoms with Crippen LogP contribution < -0.4 is 10.1 Å². The fourth-order valence-electron chi connectivity index (χ4n) is 3.59. The zero-order valence-corrected chi connectivity index (χ0v) is 19.4. The third-order valence-electron chi connectivity index (χ3n) is 5.11. The summed E-state index contributed by atoms with van der Waals surface area (Å²) in [4.78, 5) is 21.6. The van der Waals surface area contributed by atoms with Gasteiger partial charge in [0, 0.05) is 26.1 Å². The Balaban J connectivity index is 1.62. The first kappa shape index (κ1) is 21.0. The van der Waals surface area contributed by atoms with Crippen molar-refractivity contribution in [3.05, 3.63) is 63.7 Å². The summed E-state index contributed by atoms with van der Waals surface area (Å²) in [7, 11) is 0. The van der Waals surface area contributed by atoms with Crippen LogP contribution in [0, 0.1) is 0 Å². The molecule has 30 heavy (non-hydrogen) atoms. The van der Waals surface area contributed by atoms with Crippen LogP contribution >= 0.6 is 31.9 Å². The highest BCUT2D eigenvalue weighted by atomic mass is 79.9. The fraction of sp³-hybridized carbons (Fsp3) is 0.261. The number of amides is 1. The van der Waals surface area contributed by atoms with Gasteiger partial charge in [-0.15, -0.1) is 0 Å². The Kier molecular flexibility index (Phi) is 6.79. The number of nitrogens with zero attached hydrogens (tertiary/aromatic N) is 2. The number of nitrogens with one attached hydrogen (secondary N) is 1. The molecule has 0 saturated heterocycles. The van der Waals surface area contributed by atoms with Gasteiger partial charge in [-0.2, -0.15) is 0 Å². The lowest BCUT2D eigenvalue weighted by Gasteiger charge is -2.22. The summed E-state index contributed by atoms with van der Waals surface area (Å²) in [5.41, 5.74) is 3.21.